The van der Waals surface area contributed by atoms with Crippen molar-refractivity contribution < 1.29 is 14.3 Å². The summed E-state index contributed by atoms with van der Waals surface area (Å²) in [5, 5.41) is 0. The van der Waals surface area contributed by atoms with E-state index in [4.69, 9.17) is 0 Å². The minimum atomic E-state index is -0.416. The van der Waals surface area contributed by atoms with Gasteiger partial charge in [0.15, 0.2) is 0 Å². The zero-order valence-corrected chi connectivity index (χ0v) is 12.4. The maximum absolute atomic E-state index is 11.5. The maximum Gasteiger partial charge on any atom is 0.341 e. The largest absolute Gasteiger partial charge is 0.389 e. The third-order valence-electron chi connectivity index (χ3n) is 4.39. The van der Waals surface area contributed by atoms with Gasteiger partial charge in [-0.1, -0.05) is 63.9 Å². The van der Waals surface area contributed by atoms with Crippen molar-refractivity contribution in [3.63, 3.8) is 0 Å². The van der Waals surface area contributed by atoms with Gasteiger partial charge in [-0.05, 0) is 18.8 Å². The monoisotopic (exact) mass is 278 g/mol. The minimum Gasteiger partial charge on any atom is -0.389 e. The normalized spacial score (nSPS) is 26.1. The number of ether oxygens (including phenoxy) is 1. The molecule has 0 unspecified atom stereocenters. The lowest BCUT2D eigenvalue weighted by molar-refractivity contribution is -0.151. The quantitative estimate of drug-likeness (QED) is 0.408. The highest BCUT2D eigenvalue weighted by atomic mass is 16.6. The molecule has 112 valence electrons. The summed E-state index contributed by atoms with van der Waals surface area (Å²) < 4.78 is 4.61. The van der Waals surface area contributed by atoms with Crippen LogP contribution in [0.25, 0.3) is 0 Å². The Labute approximate surface area is 121 Å². The molecular weight excluding hydrogens is 252 g/mol. The molecule has 0 aromatic carbocycles. The summed E-state index contributed by atoms with van der Waals surface area (Å²) in [6.07, 6.45) is 16.3. The van der Waals surface area contributed by atoms with E-state index in [1.807, 2.05) is 6.08 Å². The zero-order chi connectivity index (χ0) is 14.2. The van der Waals surface area contributed by atoms with Crippen molar-refractivity contribution in [2.75, 3.05) is 0 Å². The molecule has 0 aromatic heterocycles. The second kappa shape index (κ2) is 8.23. The second-order valence-corrected chi connectivity index (χ2v) is 6.15. The lowest BCUT2D eigenvalue weighted by atomic mass is 9.91. The Balaban J connectivity index is 1.90. The fourth-order valence-electron chi connectivity index (χ4n) is 3.21. The molecule has 3 nitrogen and oxygen atoms in total. The number of carbonyl (C=O) groups excluding carboxylic acids is 2. The molecule has 1 aliphatic heterocycles. The van der Waals surface area contributed by atoms with Gasteiger partial charge in [-0.2, -0.15) is 0 Å². The van der Waals surface area contributed by atoms with Crippen molar-refractivity contribution in [1.29, 1.82) is 0 Å². The highest BCUT2D eigenvalue weighted by Crippen LogP contribution is 2.25. The van der Waals surface area contributed by atoms with Gasteiger partial charge in [0.1, 0.15) is 0 Å². The van der Waals surface area contributed by atoms with E-state index in [-0.39, 0.29) is 6.42 Å². The van der Waals surface area contributed by atoms with Crippen molar-refractivity contribution in [2.45, 2.75) is 77.0 Å². The van der Waals surface area contributed by atoms with E-state index >= 15 is 0 Å². The lowest BCUT2D eigenvalue weighted by Crippen LogP contribution is -2.03. The van der Waals surface area contributed by atoms with Gasteiger partial charge in [-0.25, -0.2) is 4.79 Å². The van der Waals surface area contributed by atoms with Crippen LogP contribution in [0.15, 0.2) is 11.6 Å². The summed E-state index contributed by atoms with van der Waals surface area (Å²) in [6.45, 7) is 0. The first-order valence-corrected chi connectivity index (χ1v) is 8.21. The Morgan fingerprint density at radius 2 is 1.30 bits per heavy atom. The smallest absolute Gasteiger partial charge is 0.341 e. The summed E-state index contributed by atoms with van der Waals surface area (Å²) in [7, 11) is 0. The van der Waals surface area contributed by atoms with Crippen molar-refractivity contribution >= 4 is 11.9 Å². The molecule has 3 heteroatoms. The van der Waals surface area contributed by atoms with Crippen molar-refractivity contribution in [3.8, 4) is 0 Å². The van der Waals surface area contributed by atoms with Gasteiger partial charge in [0.2, 0.25) is 0 Å². The van der Waals surface area contributed by atoms with E-state index < -0.39 is 11.9 Å². The Hall–Kier alpha value is -1.12. The Morgan fingerprint density at radius 1 is 0.800 bits per heavy atom. The van der Waals surface area contributed by atoms with Gasteiger partial charge in [-0.3, -0.25) is 4.79 Å². The molecule has 0 N–H and O–H groups in total. The van der Waals surface area contributed by atoms with Crippen LogP contribution < -0.4 is 0 Å². The second-order valence-electron chi connectivity index (χ2n) is 6.15. The summed E-state index contributed by atoms with van der Waals surface area (Å²) in [5.41, 5.74) is 0.590. The molecule has 0 aromatic rings. The van der Waals surface area contributed by atoms with E-state index in [9.17, 15) is 9.59 Å². The molecule has 20 heavy (non-hydrogen) atoms. The highest BCUT2D eigenvalue weighted by Gasteiger charge is 2.27. The number of esters is 2. The first-order chi connectivity index (χ1) is 9.75. The van der Waals surface area contributed by atoms with Crippen LogP contribution in [0.5, 0.6) is 0 Å². The fraction of sp³-hybridized carbons (Fsp3) is 0.765. The van der Waals surface area contributed by atoms with E-state index in [2.05, 4.69) is 4.74 Å². The van der Waals surface area contributed by atoms with Gasteiger partial charge >= 0.3 is 11.9 Å². The van der Waals surface area contributed by atoms with Gasteiger partial charge in [0.05, 0.1) is 6.42 Å². The number of allylic oxidation sites excluding steroid dienone is 1. The number of rotatable bonds is 1. The van der Waals surface area contributed by atoms with E-state index in [0.717, 1.165) is 12.8 Å². The van der Waals surface area contributed by atoms with Crippen LogP contribution in [-0.2, 0) is 14.3 Å². The van der Waals surface area contributed by atoms with Crippen LogP contribution >= 0.6 is 0 Å². The Morgan fingerprint density at radius 3 is 1.75 bits per heavy atom. The van der Waals surface area contributed by atoms with Gasteiger partial charge < -0.3 is 4.74 Å². The molecule has 1 aliphatic carbocycles. The minimum absolute atomic E-state index is 0.176. The molecular formula is C17H26O3. The molecule has 2 fully saturated rings. The Kier molecular flexibility index (Phi) is 6.28. The maximum atomic E-state index is 11.5. The molecule has 0 amide bonds. The molecule has 2 rings (SSSR count). The number of carbonyl (C=O) groups is 2. The third kappa shape index (κ3) is 5.10. The molecule has 1 saturated heterocycles. The third-order valence-corrected chi connectivity index (χ3v) is 4.39. The van der Waals surface area contributed by atoms with E-state index in [1.54, 1.807) is 0 Å². The molecule has 0 atom stereocenters. The van der Waals surface area contributed by atoms with Gasteiger partial charge in [-0.15, -0.1) is 0 Å². The number of cyclic esters (lactones) is 2. The summed E-state index contributed by atoms with van der Waals surface area (Å²) in [4.78, 5) is 22.7. The van der Waals surface area contributed by atoms with Gasteiger partial charge in [0.25, 0.3) is 0 Å². The first-order valence-electron chi connectivity index (χ1n) is 8.21. The van der Waals surface area contributed by atoms with Crippen LogP contribution in [0.2, 0.25) is 0 Å². The van der Waals surface area contributed by atoms with Crippen LogP contribution in [0, 0.1) is 5.92 Å². The molecule has 1 saturated carbocycles. The van der Waals surface area contributed by atoms with E-state index in [0.29, 0.717) is 11.5 Å². The zero-order valence-electron chi connectivity index (χ0n) is 12.4. The average molecular weight is 278 g/mol. The molecule has 0 radical (unpaired) electrons. The molecule has 0 bridgehead atoms. The lowest BCUT2D eigenvalue weighted by Gasteiger charge is -2.14. The van der Waals surface area contributed by atoms with Gasteiger partial charge in [0, 0.05) is 5.57 Å². The van der Waals surface area contributed by atoms with Crippen molar-refractivity contribution in [3.05, 3.63) is 11.6 Å². The summed E-state index contributed by atoms with van der Waals surface area (Å²) >= 11 is 0. The van der Waals surface area contributed by atoms with Crippen molar-refractivity contribution in [2.24, 2.45) is 5.92 Å². The van der Waals surface area contributed by atoms with Crippen molar-refractivity contribution in [1.82, 2.24) is 0 Å². The van der Waals surface area contributed by atoms with E-state index in [1.165, 1.54) is 57.8 Å². The predicted molar refractivity (Wildman–Crippen MR) is 78.1 cm³/mol. The van der Waals surface area contributed by atoms with Crippen LogP contribution in [0.3, 0.4) is 0 Å². The SMILES string of the molecule is O=C1CC(=CC2CCCCCCCCCCC2)C(=O)O1. The summed E-state index contributed by atoms with van der Waals surface area (Å²) in [6, 6.07) is 0. The summed E-state index contributed by atoms with van der Waals surface area (Å²) in [5.74, 6) is -0.363. The topological polar surface area (TPSA) is 43.4 Å². The highest BCUT2D eigenvalue weighted by molar-refractivity contribution is 6.05. The molecule has 2 aliphatic rings. The molecule has 1 heterocycles. The standard InChI is InChI=1S/C17H26O3/c18-16-13-15(17(19)20-16)12-14-10-8-6-4-2-1-3-5-7-9-11-14/h12,14H,1-11,13H2. The van der Waals surface area contributed by atoms with Crippen LogP contribution in [-0.4, -0.2) is 11.9 Å². The predicted octanol–water partition coefficient (Wildman–Crippen LogP) is 4.31. The average Bonchev–Trinajstić information content (AvgIpc) is 2.71. The van der Waals surface area contributed by atoms with Crippen LogP contribution in [0.4, 0.5) is 0 Å². The first kappa shape index (κ1) is 15.3. The fourth-order valence-corrected chi connectivity index (χ4v) is 3.21. The number of hydrogen-bond donors (Lipinski definition) is 0. The molecule has 0 spiro atoms. The van der Waals surface area contributed by atoms with Crippen LogP contribution in [0.1, 0.15) is 77.0 Å². The number of hydrogen-bond acceptors (Lipinski definition) is 3. The Bertz CT molecular complexity index is 358.